The third-order valence-electron chi connectivity index (χ3n) is 1.70. The number of ether oxygens (including phenoxy) is 1. The number of rotatable bonds is 4. The van der Waals surface area contributed by atoms with Gasteiger partial charge in [0, 0.05) is 6.61 Å². The van der Waals surface area contributed by atoms with Gasteiger partial charge in [-0.15, -0.1) is 0 Å². The molecule has 4 nitrogen and oxygen atoms in total. The van der Waals surface area contributed by atoms with Crippen molar-refractivity contribution in [2.45, 2.75) is 27.0 Å². The Bertz CT molecular complexity index is 244. The molecule has 68 valence electrons. The number of anilines is 1. The lowest BCUT2D eigenvalue weighted by molar-refractivity contribution is 0.0680. The largest absolute Gasteiger partial charge is 0.396 e. The molecule has 0 amide bonds. The summed E-state index contributed by atoms with van der Waals surface area (Å²) in [6, 6.07) is 0. The second-order valence-electron chi connectivity index (χ2n) is 2.72. The van der Waals surface area contributed by atoms with Gasteiger partial charge in [0.25, 0.3) is 0 Å². The lowest BCUT2D eigenvalue weighted by Gasteiger charge is -2.04. The van der Waals surface area contributed by atoms with Crippen molar-refractivity contribution in [1.82, 2.24) is 9.78 Å². The summed E-state index contributed by atoms with van der Waals surface area (Å²) < 4.78 is 7.06. The Hall–Kier alpha value is -1.03. The Balaban J connectivity index is 2.46. The van der Waals surface area contributed by atoms with E-state index in [-0.39, 0.29) is 0 Å². The van der Waals surface area contributed by atoms with Crippen molar-refractivity contribution in [3.63, 3.8) is 0 Å². The molecule has 0 aliphatic heterocycles. The van der Waals surface area contributed by atoms with Gasteiger partial charge in [-0.25, -0.2) is 4.68 Å². The fourth-order valence-electron chi connectivity index (χ4n) is 0.886. The van der Waals surface area contributed by atoms with Gasteiger partial charge in [0.05, 0.1) is 17.6 Å². The molecule has 0 aliphatic rings. The van der Waals surface area contributed by atoms with Crippen LogP contribution in [0.5, 0.6) is 0 Å². The zero-order valence-electron chi connectivity index (χ0n) is 7.58. The van der Waals surface area contributed by atoms with Crippen LogP contribution in [-0.2, 0) is 11.5 Å². The van der Waals surface area contributed by atoms with Crippen molar-refractivity contribution in [1.29, 1.82) is 0 Å². The smallest absolute Gasteiger partial charge is 0.139 e. The Morgan fingerprint density at radius 3 is 2.92 bits per heavy atom. The Kier molecular flexibility index (Phi) is 3.10. The molecule has 0 fully saturated rings. The van der Waals surface area contributed by atoms with Gasteiger partial charge in [0.2, 0.25) is 0 Å². The molecule has 0 atom stereocenters. The van der Waals surface area contributed by atoms with Crippen LogP contribution in [0.4, 0.5) is 5.69 Å². The Labute approximate surface area is 72.3 Å². The Morgan fingerprint density at radius 2 is 2.42 bits per heavy atom. The topological polar surface area (TPSA) is 53.1 Å². The van der Waals surface area contributed by atoms with Crippen LogP contribution in [0.25, 0.3) is 0 Å². The molecule has 1 rings (SSSR count). The average molecular weight is 169 g/mol. The van der Waals surface area contributed by atoms with Crippen LogP contribution in [-0.4, -0.2) is 16.4 Å². The van der Waals surface area contributed by atoms with Crippen molar-refractivity contribution in [2.24, 2.45) is 0 Å². The van der Waals surface area contributed by atoms with E-state index in [1.807, 2.05) is 6.92 Å². The molecule has 4 heteroatoms. The van der Waals surface area contributed by atoms with E-state index in [2.05, 4.69) is 12.0 Å². The van der Waals surface area contributed by atoms with Crippen molar-refractivity contribution in [3.05, 3.63) is 11.9 Å². The minimum Gasteiger partial charge on any atom is -0.396 e. The van der Waals surface area contributed by atoms with Crippen LogP contribution in [0.15, 0.2) is 6.20 Å². The Morgan fingerprint density at radius 1 is 1.67 bits per heavy atom. The highest BCUT2D eigenvalue weighted by Crippen LogP contribution is 2.07. The fourth-order valence-corrected chi connectivity index (χ4v) is 0.886. The first-order chi connectivity index (χ1) is 5.75. The summed E-state index contributed by atoms with van der Waals surface area (Å²) in [7, 11) is 0. The predicted molar refractivity (Wildman–Crippen MR) is 47.6 cm³/mol. The average Bonchev–Trinajstić information content (AvgIpc) is 2.36. The number of nitrogens with two attached hydrogens (primary N) is 1. The molecule has 0 unspecified atom stereocenters. The van der Waals surface area contributed by atoms with Gasteiger partial charge >= 0.3 is 0 Å². The quantitative estimate of drug-likeness (QED) is 0.688. The first-order valence-electron chi connectivity index (χ1n) is 4.11. The summed E-state index contributed by atoms with van der Waals surface area (Å²) >= 11 is 0. The zero-order chi connectivity index (χ0) is 8.97. The molecule has 0 spiro atoms. The lowest BCUT2D eigenvalue weighted by atomic mass is 10.4. The summed E-state index contributed by atoms with van der Waals surface area (Å²) in [6.07, 6.45) is 2.67. The highest BCUT2D eigenvalue weighted by Gasteiger charge is 2.00. The van der Waals surface area contributed by atoms with Crippen molar-refractivity contribution < 1.29 is 4.74 Å². The van der Waals surface area contributed by atoms with Gasteiger partial charge in [0.15, 0.2) is 0 Å². The molecule has 0 aromatic carbocycles. The summed E-state index contributed by atoms with van der Waals surface area (Å²) in [5, 5.41) is 4.05. The van der Waals surface area contributed by atoms with E-state index in [1.54, 1.807) is 10.9 Å². The van der Waals surface area contributed by atoms with Crippen LogP contribution in [0.1, 0.15) is 19.0 Å². The van der Waals surface area contributed by atoms with Crippen molar-refractivity contribution in [2.75, 3.05) is 12.3 Å². The van der Waals surface area contributed by atoms with Gasteiger partial charge in [-0.1, -0.05) is 6.92 Å². The lowest BCUT2D eigenvalue weighted by Crippen LogP contribution is -2.06. The fraction of sp³-hybridized carbons (Fsp3) is 0.625. The molecule has 1 aromatic heterocycles. The van der Waals surface area contributed by atoms with Crippen LogP contribution in [0, 0.1) is 6.92 Å². The number of hydrogen-bond donors (Lipinski definition) is 1. The second kappa shape index (κ2) is 4.11. The van der Waals surface area contributed by atoms with Crippen LogP contribution < -0.4 is 5.73 Å². The molecule has 0 radical (unpaired) electrons. The summed E-state index contributed by atoms with van der Waals surface area (Å²) in [5.74, 6) is 0. The van der Waals surface area contributed by atoms with E-state index in [4.69, 9.17) is 10.5 Å². The molecule has 1 heterocycles. The maximum absolute atomic E-state index is 5.61. The first kappa shape index (κ1) is 9.06. The van der Waals surface area contributed by atoms with E-state index < -0.39 is 0 Å². The van der Waals surface area contributed by atoms with Gasteiger partial charge < -0.3 is 10.5 Å². The molecule has 0 saturated heterocycles. The van der Waals surface area contributed by atoms with Gasteiger partial charge in [0.1, 0.15) is 6.73 Å². The summed E-state index contributed by atoms with van der Waals surface area (Å²) in [4.78, 5) is 0. The van der Waals surface area contributed by atoms with E-state index in [1.165, 1.54) is 0 Å². The molecule has 0 bridgehead atoms. The molecule has 1 aromatic rings. The molecule has 0 saturated carbocycles. The maximum Gasteiger partial charge on any atom is 0.139 e. The van der Waals surface area contributed by atoms with Crippen LogP contribution >= 0.6 is 0 Å². The predicted octanol–water partition coefficient (Wildman–Crippen LogP) is 1.16. The molecule has 12 heavy (non-hydrogen) atoms. The molecular formula is C8H15N3O. The van der Waals surface area contributed by atoms with E-state index >= 15 is 0 Å². The molecule has 0 aliphatic carbocycles. The standard InChI is InChI=1S/C8H15N3O/c1-3-4-12-6-11-7(2)8(9)5-10-11/h5H,3-4,6,9H2,1-2H3. The molecular weight excluding hydrogens is 154 g/mol. The highest BCUT2D eigenvalue weighted by molar-refractivity contribution is 5.39. The van der Waals surface area contributed by atoms with Crippen LogP contribution in [0.3, 0.4) is 0 Å². The maximum atomic E-state index is 5.61. The highest BCUT2D eigenvalue weighted by atomic mass is 16.5. The summed E-state index contributed by atoms with van der Waals surface area (Å²) in [5.41, 5.74) is 7.29. The summed E-state index contributed by atoms with van der Waals surface area (Å²) in [6.45, 7) is 5.26. The number of nitrogen functional groups attached to an aromatic ring is 1. The van der Waals surface area contributed by atoms with Crippen LogP contribution in [0.2, 0.25) is 0 Å². The van der Waals surface area contributed by atoms with Gasteiger partial charge in [-0.3, -0.25) is 0 Å². The van der Waals surface area contributed by atoms with E-state index in [0.717, 1.165) is 24.4 Å². The number of nitrogens with zero attached hydrogens (tertiary/aromatic N) is 2. The zero-order valence-corrected chi connectivity index (χ0v) is 7.58. The van der Waals surface area contributed by atoms with Gasteiger partial charge in [-0.2, -0.15) is 5.10 Å². The third-order valence-corrected chi connectivity index (χ3v) is 1.70. The monoisotopic (exact) mass is 169 g/mol. The van der Waals surface area contributed by atoms with Crippen molar-refractivity contribution >= 4 is 5.69 Å². The van der Waals surface area contributed by atoms with E-state index in [0.29, 0.717) is 6.73 Å². The normalized spacial score (nSPS) is 10.5. The SMILES string of the molecule is CCCOCn1ncc(N)c1C. The minimum absolute atomic E-state index is 0.497. The first-order valence-corrected chi connectivity index (χ1v) is 4.11. The number of hydrogen-bond acceptors (Lipinski definition) is 3. The molecule has 2 N–H and O–H groups in total. The minimum atomic E-state index is 0.497. The number of aromatic nitrogens is 2. The van der Waals surface area contributed by atoms with E-state index in [9.17, 15) is 0 Å². The second-order valence-corrected chi connectivity index (χ2v) is 2.72. The van der Waals surface area contributed by atoms with Gasteiger partial charge in [-0.05, 0) is 13.3 Å². The third kappa shape index (κ3) is 1.98. The van der Waals surface area contributed by atoms with Crippen molar-refractivity contribution in [3.8, 4) is 0 Å².